The van der Waals surface area contributed by atoms with Crippen LogP contribution in [0.3, 0.4) is 0 Å². The number of carbonyl (C=O) groups is 1. The van der Waals surface area contributed by atoms with Gasteiger partial charge in [0.25, 0.3) is 0 Å². The van der Waals surface area contributed by atoms with Crippen molar-refractivity contribution in [2.45, 2.75) is 119 Å². The largest absolute Gasteiger partial charge is 0.481 e. The van der Waals surface area contributed by atoms with E-state index in [2.05, 4.69) is 61.5 Å². The minimum Gasteiger partial charge on any atom is -0.481 e. The number of aliphatic carboxylic acids is 1. The molecule has 5 aliphatic carbocycles. The summed E-state index contributed by atoms with van der Waals surface area (Å²) in [7, 11) is 0. The van der Waals surface area contributed by atoms with E-state index in [1.807, 2.05) is 0 Å². The van der Waals surface area contributed by atoms with Crippen LogP contribution in [0.1, 0.15) is 113 Å². The third-order valence-electron chi connectivity index (χ3n) is 14.2. The number of allylic oxidation sites excluding steroid dienone is 2. The molecular weight excluding hydrogens is 432 g/mol. The van der Waals surface area contributed by atoms with Crippen molar-refractivity contribution in [3.8, 4) is 0 Å². The summed E-state index contributed by atoms with van der Waals surface area (Å²) in [4.78, 5) is 12.9. The molecule has 2 N–H and O–H groups in total. The van der Waals surface area contributed by atoms with Crippen molar-refractivity contribution in [3.63, 3.8) is 0 Å². The van der Waals surface area contributed by atoms with Gasteiger partial charge in [0.05, 0.1) is 11.5 Å². The zero-order valence-corrected chi connectivity index (χ0v) is 23.8. The van der Waals surface area contributed by atoms with Gasteiger partial charge in [-0.3, -0.25) is 4.79 Å². The summed E-state index contributed by atoms with van der Waals surface area (Å²) in [6, 6.07) is 0. The predicted molar refractivity (Wildman–Crippen MR) is 142 cm³/mol. The zero-order valence-electron chi connectivity index (χ0n) is 23.8. The van der Waals surface area contributed by atoms with E-state index in [0.29, 0.717) is 29.6 Å². The summed E-state index contributed by atoms with van der Waals surface area (Å²) < 4.78 is 0. The molecule has 0 spiro atoms. The van der Waals surface area contributed by atoms with Crippen molar-refractivity contribution in [3.05, 3.63) is 11.6 Å². The first-order valence-electron chi connectivity index (χ1n) is 14.8. The molecule has 4 saturated carbocycles. The van der Waals surface area contributed by atoms with Gasteiger partial charge in [0.1, 0.15) is 0 Å². The maximum atomic E-state index is 12.9. The van der Waals surface area contributed by atoms with Gasteiger partial charge in [0.2, 0.25) is 0 Å². The van der Waals surface area contributed by atoms with Crippen LogP contribution in [0, 0.1) is 62.6 Å². The number of carboxylic acids is 1. The summed E-state index contributed by atoms with van der Waals surface area (Å²) in [5.74, 6) is 2.12. The van der Waals surface area contributed by atoms with Crippen LogP contribution in [-0.4, -0.2) is 22.3 Å². The van der Waals surface area contributed by atoms with Gasteiger partial charge in [-0.05, 0) is 115 Å². The van der Waals surface area contributed by atoms with E-state index in [9.17, 15) is 15.0 Å². The highest BCUT2D eigenvalue weighted by atomic mass is 16.4. The van der Waals surface area contributed by atoms with Crippen LogP contribution in [0.2, 0.25) is 0 Å². The molecule has 0 aromatic heterocycles. The van der Waals surface area contributed by atoms with Crippen LogP contribution in [0.15, 0.2) is 11.6 Å². The maximum absolute atomic E-state index is 12.9. The molecule has 2 unspecified atom stereocenters. The Morgan fingerprint density at radius 1 is 0.971 bits per heavy atom. The van der Waals surface area contributed by atoms with Crippen molar-refractivity contribution < 1.29 is 15.0 Å². The molecule has 0 saturated heterocycles. The Labute approximate surface area is 214 Å². The summed E-state index contributed by atoms with van der Waals surface area (Å²) in [5.41, 5.74) is 1.41. The number of fused-ring (bicyclic) bond motifs is 7. The van der Waals surface area contributed by atoms with Crippen molar-refractivity contribution in [1.29, 1.82) is 0 Å². The third kappa shape index (κ3) is 2.97. The summed E-state index contributed by atoms with van der Waals surface area (Å²) in [6.07, 6.45) is 11.8. The highest BCUT2D eigenvalue weighted by Crippen LogP contribution is 2.76. The zero-order chi connectivity index (χ0) is 25.8. The summed E-state index contributed by atoms with van der Waals surface area (Å²) in [5, 5.41) is 21.9. The second-order valence-corrected chi connectivity index (χ2v) is 15.1. The number of hydrogen-bond donors (Lipinski definition) is 2. The molecular formula is C32H52O3. The number of aliphatic hydroxyl groups excluding tert-OH is 1. The minimum absolute atomic E-state index is 0.0169. The lowest BCUT2D eigenvalue weighted by Gasteiger charge is -2.72. The van der Waals surface area contributed by atoms with Gasteiger partial charge in [-0.2, -0.15) is 0 Å². The summed E-state index contributed by atoms with van der Waals surface area (Å²) in [6.45, 7) is 19.3. The molecule has 0 amide bonds. The maximum Gasteiger partial charge on any atom is 0.310 e. The molecule has 0 aromatic carbocycles. The van der Waals surface area contributed by atoms with E-state index in [4.69, 9.17) is 0 Å². The lowest BCUT2D eigenvalue weighted by Crippen LogP contribution is -2.66. The minimum atomic E-state index is -0.564. The Balaban J connectivity index is 1.62. The van der Waals surface area contributed by atoms with Crippen LogP contribution in [-0.2, 0) is 4.79 Å². The van der Waals surface area contributed by atoms with Gasteiger partial charge in [-0.15, -0.1) is 0 Å². The highest BCUT2D eigenvalue weighted by Gasteiger charge is 2.70. The van der Waals surface area contributed by atoms with Gasteiger partial charge in [-0.25, -0.2) is 0 Å². The molecule has 5 aliphatic rings. The van der Waals surface area contributed by atoms with E-state index >= 15 is 0 Å². The molecule has 5 rings (SSSR count). The van der Waals surface area contributed by atoms with Crippen LogP contribution >= 0.6 is 0 Å². The van der Waals surface area contributed by atoms with Crippen molar-refractivity contribution in [1.82, 2.24) is 0 Å². The topological polar surface area (TPSA) is 57.5 Å². The molecule has 0 aromatic rings. The van der Waals surface area contributed by atoms with Gasteiger partial charge in [0.15, 0.2) is 0 Å². The first-order valence-corrected chi connectivity index (χ1v) is 14.8. The Morgan fingerprint density at radius 2 is 1.66 bits per heavy atom. The SMILES string of the molecule is CC[C@@]1(C)C2CC[C@]3(C)C(CC=C4[C@@H]5[C@@H](C)[C@H](C)CC[C@]5(C(=O)O)CC[C@]43C)[C@@]2(C)C[C@@H](C)[C@@H]1O. The normalized spacial score (nSPS) is 57.7. The predicted octanol–water partition coefficient (Wildman–Crippen LogP) is 7.73. The number of rotatable bonds is 2. The second-order valence-electron chi connectivity index (χ2n) is 15.1. The van der Waals surface area contributed by atoms with Crippen LogP contribution in [0.4, 0.5) is 0 Å². The van der Waals surface area contributed by atoms with Crippen molar-refractivity contribution in [2.75, 3.05) is 0 Å². The molecule has 3 nitrogen and oxygen atoms in total. The van der Waals surface area contributed by atoms with Crippen molar-refractivity contribution in [2.24, 2.45) is 62.6 Å². The van der Waals surface area contributed by atoms with Crippen LogP contribution in [0.5, 0.6) is 0 Å². The van der Waals surface area contributed by atoms with E-state index in [0.717, 1.165) is 44.9 Å². The molecule has 35 heavy (non-hydrogen) atoms. The Morgan fingerprint density at radius 3 is 2.29 bits per heavy atom. The Bertz CT molecular complexity index is 924. The molecule has 0 heterocycles. The van der Waals surface area contributed by atoms with E-state index in [1.165, 1.54) is 18.4 Å². The standard InChI is InChI=1S/C32H52O3/c1-9-28(5)23-13-14-31(8)24(29(23,6)18-20(3)26(28)33)11-10-22-25-21(4)19(2)12-15-32(25,27(34)35)17-16-30(22,31)7/h10,19-21,23-26,33H,9,11-18H2,1-8H3,(H,34,35)/t19-,20-,21+,23?,24?,25+,26+,28+,29+,30-,31-,32+/m1/s1. The van der Waals surface area contributed by atoms with Crippen molar-refractivity contribution >= 4 is 5.97 Å². The number of carboxylic acid groups (broad SMARTS) is 1. The number of hydrogen-bond acceptors (Lipinski definition) is 2. The first kappa shape index (κ1) is 25.8. The molecule has 4 fully saturated rings. The molecule has 198 valence electrons. The number of aliphatic hydroxyl groups is 1. The Kier molecular flexibility index (Phi) is 5.78. The second kappa shape index (κ2) is 7.84. The average molecular weight is 485 g/mol. The van der Waals surface area contributed by atoms with Gasteiger partial charge < -0.3 is 10.2 Å². The fourth-order valence-corrected chi connectivity index (χ4v) is 11.7. The first-order chi connectivity index (χ1) is 16.2. The quantitative estimate of drug-likeness (QED) is 0.394. The molecule has 0 radical (unpaired) electrons. The fraction of sp³-hybridized carbons (Fsp3) is 0.906. The fourth-order valence-electron chi connectivity index (χ4n) is 11.7. The van der Waals surface area contributed by atoms with Gasteiger partial charge in [-0.1, -0.05) is 67.0 Å². The van der Waals surface area contributed by atoms with E-state index < -0.39 is 11.4 Å². The highest BCUT2D eigenvalue weighted by molar-refractivity contribution is 5.76. The summed E-state index contributed by atoms with van der Waals surface area (Å²) >= 11 is 0. The van der Waals surface area contributed by atoms with E-state index in [-0.39, 0.29) is 33.7 Å². The van der Waals surface area contributed by atoms with E-state index in [1.54, 1.807) is 0 Å². The van der Waals surface area contributed by atoms with Gasteiger partial charge >= 0.3 is 5.97 Å². The Hall–Kier alpha value is -0.830. The average Bonchev–Trinajstić information content (AvgIpc) is 2.80. The smallest absolute Gasteiger partial charge is 0.310 e. The third-order valence-corrected chi connectivity index (χ3v) is 14.2. The van der Waals surface area contributed by atoms with Gasteiger partial charge in [0, 0.05) is 0 Å². The lowest BCUT2D eigenvalue weighted by molar-refractivity contribution is -0.224. The van der Waals surface area contributed by atoms with Crippen LogP contribution < -0.4 is 0 Å². The molecule has 3 heteroatoms. The lowest BCUT2D eigenvalue weighted by atomic mass is 9.32. The molecule has 0 bridgehead atoms. The molecule has 0 aliphatic heterocycles. The monoisotopic (exact) mass is 484 g/mol. The molecule has 12 atom stereocenters. The van der Waals surface area contributed by atoms with Crippen LogP contribution in [0.25, 0.3) is 0 Å².